The minimum atomic E-state index is -0.342. The molecule has 1 N–H and O–H groups in total. The first-order chi connectivity index (χ1) is 14.6. The number of nitrogens with zero attached hydrogens (tertiary/aromatic N) is 4. The lowest BCUT2D eigenvalue weighted by Gasteiger charge is -2.37. The van der Waals surface area contributed by atoms with Crippen molar-refractivity contribution in [2.45, 2.75) is 25.4 Å². The van der Waals surface area contributed by atoms with Gasteiger partial charge in [0.2, 0.25) is 5.91 Å². The van der Waals surface area contributed by atoms with Gasteiger partial charge >= 0.3 is 0 Å². The summed E-state index contributed by atoms with van der Waals surface area (Å²) in [5.41, 5.74) is 2.85. The number of rotatable bonds is 7. The zero-order valence-electron chi connectivity index (χ0n) is 17.3. The summed E-state index contributed by atoms with van der Waals surface area (Å²) in [6.07, 6.45) is 7.49. The number of pyridine rings is 1. The average Bonchev–Trinajstić information content (AvgIpc) is 2.79. The summed E-state index contributed by atoms with van der Waals surface area (Å²) in [5, 5.41) is 13.0. The van der Waals surface area contributed by atoms with Crippen LogP contribution in [0.5, 0.6) is 0 Å². The lowest BCUT2D eigenvalue weighted by molar-refractivity contribution is -0.133. The Morgan fingerprint density at radius 3 is 2.57 bits per heavy atom. The van der Waals surface area contributed by atoms with Gasteiger partial charge in [0.05, 0.1) is 12.6 Å². The van der Waals surface area contributed by atoms with Gasteiger partial charge in [0, 0.05) is 56.1 Å². The fourth-order valence-corrected chi connectivity index (χ4v) is 3.84. The quantitative estimate of drug-likeness (QED) is 0.722. The summed E-state index contributed by atoms with van der Waals surface area (Å²) in [4.78, 5) is 21.3. The summed E-state index contributed by atoms with van der Waals surface area (Å²) < 4.78 is 0. The Balaban J connectivity index is 1.61. The number of hydrogen-bond donors (Lipinski definition) is 1. The van der Waals surface area contributed by atoms with E-state index < -0.39 is 0 Å². The van der Waals surface area contributed by atoms with Crippen molar-refractivity contribution >= 4 is 5.91 Å². The van der Waals surface area contributed by atoms with Crippen LogP contribution in [0.25, 0.3) is 0 Å². The first-order valence-electron chi connectivity index (χ1n) is 10.2. The monoisotopic (exact) mass is 401 g/mol. The number of amides is 1. The van der Waals surface area contributed by atoms with Crippen LogP contribution in [0, 0.1) is 30.6 Å². The molecule has 2 aromatic rings. The van der Waals surface area contributed by atoms with Crippen LogP contribution in [0.1, 0.15) is 35.3 Å². The van der Waals surface area contributed by atoms with Gasteiger partial charge in [-0.2, -0.15) is 5.26 Å². The highest BCUT2D eigenvalue weighted by atomic mass is 16.2. The second-order valence-electron chi connectivity index (χ2n) is 7.38. The molecule has 3 rings (SSSR count). The van der Waals surface area contributed by atoms with E-state index in [0.29, 0.717) is 39.1 Å². The summed E-state index contributed by atoms with van der Waals surface area (Å²) in [5.74, 6) is 2.68. The normalized spacial score (nSPS) is 16.3. The molecule has 1 fully saturated rings. The summed E-state index contributed by atoms with van der Waals surface area (Å²) in [7, 11) is 0. The largest absolute Gasteiger partial charge is 0.340 e. The van der Waals surface area contributed by atoms with Crippen LogP contribution in [0.4, 0.5) is 0 Å². The van der Waals surface area contributed by atoms with E-state index >= 15 is 0 Å². The maximum atomic E-state index is 13.0. The van der Waals surface area contributed by atoms with Crippen LogP contribution in [-0.2, 0) is 4.79 Å². The number of nitriles is 1. The van der Waals surface area contributed by atoms with Gasteiger partial charge < -0.3 is 4.90 Å². The Hall–Kier alpha value is -3.19. The Kier molecular flexibility index (Phi) is 7.57. The van der Waals surface area contributed by atoms with Crippen molar-refractivity contribution in [3.05, 3.63) is 65.5 Å². The van der Waals surface area contributed by atoms with Crippen molar-refractivity contribution in [3.8, 4) is 18.4 Å². The first kappa shape index (κ1) is 21.5. The van der Waals surface area contributed by atoms with Crippen LogP contribution >= 0.6 is 0 Å². The highest BCUT2D eigenvalue weighted by Gasteiger charge is 2.29. The minimum absolute atomic E-state index is 0.0964. The van der Waals surface area contributed by atoms with E-state index in [0.717, 1.165) is 16.8 Å². The second kappa shape index (κ2) is 10.5. The molecular formula is C24H27N5O. The molecular weight excluding hydrogens is 374 g/mol. The van der Waals surface area contributed by atoms with Gasteiger partial charge in [0.25, 0.3) is 0 Å². The molecule has 1 amide bonds. The molecule has 0 spiro atoms. The minimum Gasteiger partial charge on any atom is -0.340 e. The Bertz CT molecular complexity index is 923. The van der Waals surface area contributed by atoms with E-state index in [2.05, 4.69) is 27.2 Å². The van der Waals surface area contributed by atoms with E-state index in [9.17, 15) is 10.1 Å². The molecule has 1 aliphatic heterocycles. The number of hydrogen-bond acceptors (Lipinski definition) is 5. The van der Waals surface area contributed by atoms with E-state index in [1.165, 1.54) is 0 Å². The van der Waals surface area contributed by atoms with Crippen molar-refractivity contribution in [1.82, 2.24) is 20.1 Å². The Morgan fingerprint density at radius 1 is 1.20 bits per heavy atom. The third kappa shape index (κ3) is 5.24. The predicted molar refractivity (Wildman–Crippen MR) is 116 cm³/mol. The highest BCUT2D eigenvalue weighted by Crippen LogP contribution is 2.24. The number of benzene rings is 1. The molecule has 1 aromatic heterocycles. The average molecular weight is 402 g/mol. The van der Waals surface area contributed by atoms with E-state index in [1.807, 2.05) is 54.3 Å². The number of aryl methyl sites for hydroxylation is 1. The van der Waals surface area contributed by atoms with Crippen LogP contribution < -0.4 is 5.32 Å². The molecule has 6 heteroatoms. The third-order valence-corrected chi connectivity index (χ3v) is 5.53. The summed E-state index contributed by atoms with van der Waals surface area (Å²) >= 11 is 0. The standard InChI is InChI=1S/C24H27N5O/c1-3-11-27-22(20-8-5-4-6-9-20)17-24(30)29-15-13-28(14-16-29)23(18-25)21-10-7-12-26-19(21)2/h1,4-10,12,22-23,27H,11,13-17H2,2H3. The third-order valence-electron chi connectivity index (χ3n) is 5.53. The molecule has 1 aliphatic rings. The topological polar surface area (TPSA) is 72.3 Å². The van der Waals surface area contributed by atoms with Gasteiger partial charge in [-0.15, -0.1) is 6.42 Å². The van der Waals surface area contributed by atoms with Crippen molar-refractivity contribution in [2.75, 3.05) is 32.7 Å². The lowest BCUT2D eigenvalue weighted by Crippen LogP contribution is -2.50. The molecule has 154 valence electrons. The van der Waals surface area contributed by atoms with Crippen LogP contribution in [0.15, 0.2) is 48.7 Å². The molecule has 2 atom stereocenters. The smallest absolute Gasteiger partial charge is 0.224 e. The molecule has 6 nitrogen and oxygen atoms in total. The molecule has 1 aromatic carbocycles. The highest BCUT2D eigenvalue weighted by molar-refractivity contribution is 5.77. The van der Waals surface area contributed by atoms with Gasteiger partial charge in [-0.25, -0.2) is 0 Å². The van der Waals surface area contributed by atoms with Gasteiger partial charge in [0.15, 0.2) is 0 Å². The van der Waals surface area contributed by atoms with Crippen molar-refractivity contribution in [2.24, 2.45) is 0 Å². The fourth-order valence-electron chi connectivity index (χ4n) is 3.84. The number of terminal acetylenes is 1. The zero-order chi connectivity index (χ0) is 21.3. The SMILES string of the molecule is C#CCNC(CC(=O)N1CCN(C(C#N)c2cccnc2C)CC1)c1ccccc1. The van der Waals surface area contributed by atoms with E-state index in [-0.39, 0.29) is 18.0 Å². The maximum Gasteiger partial charge on any atom is 0.224 e. The predicted octanol–water partition coefficient (Wildman–Crippen LogP) is 2.45. The van der Waals surface area contributed by atoms with Crippen LogP contribution in [-0.4, -0.2) is 53.4 Å². The zero-order valence-corrected chi connectivity index (χ0v) is 17.3. The Labute approximate surface area is 178 Å². The van der Waals surface area contributed by atoms with E-state index in [1.54, 1.807) is 6.20 Å². The molecule has 30 heavy (non-hydrogen) atoms. The first-order valence-corrected chi connectivity index (χ1v) is 10.2. The molecule has 0 radical (unpaired) electrons. The van der Waals surface area contributed by atoms with Crippen molar-refractivity contribution < 1.29 is 4.79 Å². The molecule has 0 aliphatic carbocycles. The molecule has 0 bridgehead atoms. The van der Waals surface area contributed by atoms with Gasteiger partial charge in [-0.3, -0.25) is 20.0 Å². The summed E-state index contributed by atoms with van der Waals surface area (Å²) in [6.45, 7) is 4.86. The van der Waals surface area contributed by atoms with Gasteiger partial charge in [-0.05, 0) is 18.6 Å². The van der Waals surface area contributed by atoms with Crippen molar-refractivity contribution in [1.29, 1.82) is 5.26 Å². The number of aromatic nitrogens is 1. The Morgan fingerprint density at radius 2 is 1.93 bits per heavy atom. The lowest BCUT2D eigenvalue weighted by atomic mass is 10.0. The molecule has 2 heterocycles. The number of carbonyl (C=O) groups excluding carboxylic acids is 1. The fraction of sp³-hybridized carbons (Fsp3) is 0.375. The van der Waals surface area contributed by atoms with E-state index in [4.69, 9.17) is 6.42 Å². The van der Waals surface area contributed by atoms with Gasteiger partial charge in [0.1, 0.15) is 6.04 Å². The van der Waals surface area contributed by atoms with Crippen molar-refractivity contribution in [3.63, 3.8) is 0 Å². The molecule has 0 saturated carbocycles. The molecule has 1 saturated heterocycles. The second-order valence-corrected chi connectivity index (χ2v) is 7.38. The number of nitrogens with one attached hydrogen (secondary N) is 1. The number of piperazine rings is 1. The maximum absolute atomic E-state index is 13.0. The van der Waals surface area contributed by atoms with Gasteiger partial charge in [-0.1, -0.05) is 42.3 Å². The van der Waals surface area contributed by atoms with Crippen LogP contribution in [0.2, 0.25) is 0 Å². The van der Waals surface area contributed by atoms with Crippen LogP contribution in [0.3, 0.4) is 0 Å². The molecule has 2 unspecified atom stereocenters. The number of carbonyl (C=O) groups is 1. The summed E-state index contributed by atoms with van der Waals surface area (Å²) in [6, 6.07) is 15.7.